The van der Waals surface area contributed by atoms with Gasteiger partial charge < -0.3 is 0 Å². The standard InChI is InChI=1S/C14H18S/c1-2-6-13-11-14(8-3-4-9-14)15-10-7-12(13)5-1/h1-2,5-6H,3-4,7-11H2. The van der Waals surface area contributed by atoms with Crippen LogP contribution >= 0.6 is 11.8 Å². The van der Waals surface area contributed by atoms with Crippen molar-refractivity contribution in [3.8, 4) is 0 Å². The molecule has 80 valence electrons. The molecular weight excluding hydrogens is 200 g/mol. The van der Waals surface area contributed by atoms with Gasteiger partial charge in [-0.1, -0.05) is 37.1 Å². The molecule has 1 heterocycles. The van der Waals surface area contributed by atoms with E-state index in [4.69, 9.17) is 0 Å². The van der Waals surface area contributed by atoms with Crippen molar-refractivity contribution in [1.29, 1.82) is 0 Å². The van der Waals surface area contributed by atoms with Crippen LogP contribution in [-0.2, 0) is 12.8 Å². The first-order chi connectivity index (χ1) is 7.38. The molecule has 0 aromatic heterocycles. The van der Waals surface area contributed by atoms with Gasteiger partial charge in [-0.25, -0.2) is 0 Å². The first-order valence-corrected chi connectivity index (χ1v) is 7.07. The van der Waals surface area contributed by atoms with Crippen LogP contribution < -0.4 is 0 Å². The Morgan fingerprint density at radius 1 is 1.00 bits per heavy atom. The molecule has 1 aromatic carbocycles. The highest BCUT2D eigenvalue weighted by Gasteiger charge is 2.36. The van der Waals surface area contributed by atoms with Gasteiger partial charge in [-0.2, -0.15) is 11.8 Å². The summed E-state index contributed by atoms with van der Waals surface area (Å²) in [4.78, 5) is 0. The summed E-state index contributed by atoms with van der Waals surface area (Å²) < 4.78 is 0.618. The van der Waals surface area contributed by atoms with E-state index in [0.29, 0.717) is 4.75 Å². The lowest BCUT2D eigenvalue weighted by molar-refractivity contribution is 0.606. The molecule has 0 unspecified atom stereocenters. The summed E-state index contributed by atoms with van der Waals surface area (Å²) in [5.74, 6) is 1.33. The molecule has 0 amide bonds. The number of hydrogen-bond donors (Lipinski definition) is 0. The summed E-state index contributed by atoms with van der Waals surface area (Å²) in [5, 5.41) is 0. The minimum Gasteiger partial charge on any atom is -0.154 e. The first kappa shape index (κ1) is 9.77. The summed E-state index contributed by atoms with van der Waals surface area (Å²) in [6.45, 7) is 0. The predicted octanol–water partition coefficient (Wildman–Crippen LogP) is 3.83. The molecule has 0 bridgehead atoms. The normalized spacial score (nSPS) is 23.7. The summed E-state index contributed by atoms with van der Waals surface area (Å²) in [5.41, 5.74) is 3.23. The van der Waals surface area contributed by atoms with Crippen molar-refractivity contribution in [3.05, 3.63) is 35.4 Å². The highest BCUT2D eigenvalue weighted by Crippen LogP contribution is 2.46. The molecule has 0 radical (unpaired) electrons. The molecule has 1 aliphatic carbocycles. The van der Waals surface area contributed by atoms with Gasteiger partial charge >= 0.3 is 0 Å². The Kier molecular flexibility index (Phi) is 2.51. The van der Waals surface area contributed by atoms with Crippen LogP contribution in [0.1, 0.15) is 36.8 Å². The van der Waals surface area contributed by atoms with Crippen molar-refractivity contribution in [2.24, 2.45) is 0 Å². The third kappa shape index (κ3) is 1.82. The van der Waals surface area contributed by atoms with Crippen LogP contribution in [0.2, 0.25) is 0 Å². The molecule has 1 saturated carbocycles. The second-order valence-corrected chi connectivity index (χ2v) is 6.50. The van der Waals surface area contributed by atoms with Gasteiger partial charge in [-0.15, -0.1) is 0 Å². The van der Waals surface area contributed by atoms with Crippen LogP contribution in [0, 0.1) is 0 Å². The Morgan fingerprint density at radius 3 is 2.53 bits per heavy atom. The van der Waals surface area contributed by atoms with E-state index in [9.17, 15) is 0 Å². The summed E-state index contributed by atoms with van der Waals surface area (Å²) in [6, 6.07) is 9.07. The Labute approximate surface area is 96.5 Å². The van der Waals surface area contributed by atoms with Gasteiger partial charge in [-0.3, -0.25) is 0 Å². The molecule has 0 saturated heterocycles. The molecule has 15 heavy (non-hydrogen) atoms. The van der Waals surface area contributed by atoms with E-state index in [1.807, 2.05) is 0 Å². The zero-order valence-electron chi connectivity index (χ0n) is 9.17. The van der Waals surface area contributed by atoms with Gasteiger partial charge in [0.2, 0.25) is 0 Å². The van der Waals surface area contributed by atoms with Crippen molar-refractivity contribution in [2.45, 2.75) is 43.3 Å². The largest absolute Gasteiger partial charge is 0.154 e. The van der Waals surface area contributed by atoms with Crippen molar-refractivity contribution < 1.29 is 0 Å². The van der Waals surface area contributed by atoms with E-state index in [1.165, 1.54) is 44.3 Å². The average Bonchev–Trinajstić information content (AvgIpc) is 2.61. The molecule has 1 aromatic rings. The Morgan fingerprint density at radius 2 is 1.73 bits per heavy atom. The first-order valence-electron chi connectivity index (χ1n) is 6.09. The van der Waals surface area contributed by atoms with Crippen LogP contribution in [-0.4, -0.2) is 10.5 Å². The predicted molar refractivity (Wildman–Crippen MR) is 67.5 cm³/mol. The molecule has 2 aliphatic rings. The number of rotatable bonds is 0. The maximum Gasteiger partial charge on any atom is 0.0200 e. The van der Waals surface area contributed by atoms with Crippen LogP contribution in [0.15, 0.2) is 24.3 Å². The lowest BCUT2D eigenvalue weighted by Gasteiger charge is -2.26. The Hall–Kier alpha value is -0.430. The zero-order valence-corrected chi connectivity index (χ0v) is 9.98. The molecule has 0 nitrogen and oxygen atoms in total. The third-order valence-corrected chi connectivity index (χ3v) is 5.50. The van der Waals surface area contributed by atoms with Gasteiger partial charge in [0.05, 0.1) is 0 Å². The summed E-state index contributed by atoms with van der Waals surface area (Å²) >= 11 is 2.25. The number of hydrogen-bond acceptors (Lipinski definition) is 1. The molecule has 1 aliphatic heterocycles. The van der Waals surface area contributed by atoms with Gasteiger partial charge in [0.25, 0.3) is 0 Å². The zero-order chi connectivity index (χ0) is 10.1. The SMILES string of the molecule is c1ccc2c(c1)CCSC1(CCCC1)C2. The molecular formula is C14H18S. The van der Waals surface area contributed by atoms with Crippen molar-refractivity contribution in [3.63, 3.8) is 0 Å². The summed E-state index contributed by atoms with van der Waals surface area (Å²) in [6.07, 6.45) is 8.42. The smallest absolute Gasteiger partial charge is 0.0200 e. The van der Waals surface area contributed by atoms with Gasteiger partial charge in [0.1, 0.15) is 0 Å². The monoisotopic (exact) mass is 218 g/mol. The lowest BCUT2D eigenvalue weighted by atomic mass is 9.93. The van der Waals surface area contributed by atoms with Crippen LogP contribution in [0.5, 0.6) is 0 Å². The molecule has 0 atom stereocenters. The fraction of sp³-hybridized carbons (Fsp3) is 0.571. The lowest BCUT2D eigenvalue weighted by Crippen LogP contribution is -2.22. The fourth-order valence-electron chi connectivity index (χ4n) is 3.09. The Bertz CT molecular complexity index is 350. The fourth-order valence-corrected chi connectivity index (χ4v) is 4.68. The molecule has 1 spiro atoms. The molecule has 3 rings (SSSR count). The number of thioether (sulfide) groups is 1. The van der Waals surface area contributed by atoms with Crippen LogP contribution in [0.3, 0.4) is 0 Å². The molecule has 1 fully saturated rings. The topological polar surface area (TPSA) is 0 Å². The average molecular weight is 218 g/mol. The van der Waals surface area contributed by atoms with Gasteiger partial charge in [-0.05, 0) is 42.6 Å². The van der Waals surface area contributed by atoms with E-state index in [2.05, 4.69) is 36.0 Å². The number of fused-ring (bicyclic) bond motifs is 1. The molecule has 1 heteroatoms. The van der Waals surface area contributed by atoms with E-state index in [-0.39, 0.29) is 0 Å². The quantitative estimate of drug-likeness (QED) is 0.637. The minimum absolute atomic E-state index is 0.618. The molecule has 0 N–H and O–H groups in total. The van der Waals surface area contributed by atoms with Crippen molar-refractivity contribution in [1.82, 2.24) is 0 Å². The summed E-state index contributed by atoms with van der Waals surface area (Å²) in [7, 11) is 0. The Balaban J connectivity index is 1.94. The van der Waals surface area contributed by atoms with Gasteiger partial charge in [0.15, 0.2) is 0 Å². The van der Waals surface area contributed by atoms with Gasteiger partial charge in [0, 0.05) is 4.75 Å². The minimum atomic E-state index is 0.618. The van der Waals surface area contributed by atoms with E-state index < -0.39 is 0 Å². The number of benzene rings is 1. The maximum absolute atomic E-state index is 2.35. The van der Waals surface area contributed by atoms with Crippen LogP contribution in [0.4, 0.5) is 0 Å². The maximum atomic E-state index is 2.35. The van der Waals surface area contributed by atoms with E-state index >= 15 is 0 Å². The second-order valence-electron chi connectivity index (χ2n) is 4.93. The highest BCUT2D eigenvalue weighted by molar-refractivity contribution is 8.00. The highest BCUT2D eigenvalue weighted by atomic mass is 32.2. The van der Waals surface area contributed by atoms with Crippen molar-refractivity contribution in [2.75, 3.05) is 5.75 Å². The van der Waals surface area contributed by atoms with E-state index in [1.54, 1.807) is 11.1 Å². The van der Waals surface area contributed by atoms with Crippen molar-refractivity contribution >= 4 is 11.8 Å². The number of aryl methyl sites for hydroxylation is 1. The van der Waals surface area contributed by atoms with Crippen LogP contribution in [0.25, 0.3) is 0 Å². The third-order valence-electron chi connectivity index (χ3n) is 3.93. The van der Waals surface area contributed by atoms with E-state index in [0.717, 1.165) is 0 Å². The second kappa shape index (κ2) is 3.86.